The molecule has 0 unspecified atom stereocenters. The van der Waals surface area contributed by atoms with Gasteiger partial charge < -0.3 is 10.2 Å². The number of carbonyl (C=O) groups is 4. The van der Waals surface area contributed by atoms with Gasteiger partial charge in [-0.25, -0.2) is 9.69 Å². The molecule has 1 N–H and O–H groups in total. The lowest BCUT2D eigenvalue weighted by molar-refractivity contribution is -0.145. The lowest BCUT2D eigenvalue weighted by Gasteiger charge is -2.34. The van der Waals surface area contributed by atoms with Crippen LogP contribution in [0.3, 0.4) is 0 Å². The van der Waals surface area contributed by atoms with E-state index in [0.29, 0.717) is 12.1 Å². The number of nitrogens with one attached hydrogen (secondary N) is 1. The fourth-order valence-corrected chi connectivity index (χ4v) is 4.89. The highest BCUT2D eigenvalue weighted by Crippen LogP contribution is 2.31. The largest absolute Gasteiger partial charge is 0.372 e. The van der Waals surface area contributed by atoms with Crippen LogP contribution in [0.5, 0.6) is 0 Å². The molecule has 166 valence electrons. The normalized spacial score (nSPS) is 24.7. The summed E-state index contributed by atoms with van der Waals surface area (Å²) in [6, 6.07) is 6.61. The Morgan fingerprint density at radius 1 is 0.935 bits per heavy atom. The van der Waals surface area contributed by atoms with E-state index in [1.54, 1.807) is 0 Å². The molecule has 0 bridgehead atoms. The smallest absolute Gasteiger partial charge is 0.334 e. The van der Waals surface area contributed by atoms with Gasteiger partial charge in [0, 0.05) is 30.5 Å². The van der Waals surface area contributed by atoms with Gasteiger partial charge in [0.05, 0.1) is 0 Å². The molecule has 1 aliphatic carbocycles. The molecule has 2 atom stereocenters. The van der Waals surface area contributed by atoms with Crippen LogP contribution in [0, 0.1) is 5.92 Å². The van der Waals surface area contributed by atoms with Crippen molar-refractivity contribution in [2.45, 2.75) is 57.9 Å². The molecule has 4 rings (SSSR count). The summed E-state index contributed by atoms with van der Waals surface area (Å²) in [5.41, 5.74) is 1.71. The highest BCUT2D eigenvalue weighted by molar-refractivity contribution is 6.45. The van der Waals surface area contributed by atoms with E-state index in [-0.39, 0.29) is 12.0 Å². The number of nitrogens with zero attached hydrogens (tertiary/aromatic N) is 3. The minimum absolute atomic E-state index is 0.154. The lowest BCUT2D eigenvalue weighted by atomic mass is 9.85. The predicted molar refractivity (Wildman–Crippen MR) is 117 cm³/mol. The standard InChI is InChI=1S/C23H30N4O4/c1-16-7-3-4-8-19(16)27-22(30)21(29)26(23(27)31)15-20(28)24-17-9-11-18(12-10-17)25-13-5-2-6-14-25/h9-12,16,19H,2-8,13-15H2,1H3,(H,24,28)/t16-,19-/m1/s1. The second kappa shape index (κ2) is 9.08. The third-order valence-electron chi connectivity index (χ3n) is 6.66. The summed E-state index contributed by atoms with van der Waals surface area (Å²) in [7, 11) is 0. The molecule has 2 aliphatic heterocycles. The lowest BCUT2D eigenvalue weighted by Crippen LogP contribution is -2.46. The Balaban J connectivity index is 1.37. The molecule has 5 amide bonds. The number of urea groups is 1. The molecule has 8 nitrogen and oxygen atoms in total. The first-order valence-corrected chi connectivity index (χ1v) is 11.3. The molecule has 2 saturated heterocycles. The van der Waals surface area contributed by atoms with Gasteiger partial charge in [-0.3, -0.25) is 19.3 Å². The molecule has 1 aromatic rings. The molecule has 3 aliphatic rings. The van der Waals surface area contributed by atoms with Crippen molar-refractivity contribution >= 4 is 35.1 Å². The molecule has 0 radical (unpaired) electrons. The van der Waals surface area contributed by atoms with Gasteiger partial charge in [0.1, 0.15) is 6.54 Å². The number of hydrogen-bond acceptors (Lipinski definition) is 5. The summed E-state index contributed by atoms with van der Waals surface area (Å²) in [6.07, 6.45) is 7.24. The molecule has 0 spiro atoms. The zero-order chi connectivity index (χ0) is 22.0. The van der Waals surface area contributed by atoms with Gasteiger partial charge in [0.15, 0.2) is 0 Å². The second-order valence-electron chi connectivity index (χ2n) is 8.82. The first-order valence-electron chi connectivity index (χ1n) is 11.3. The molecule has 3 fully saturated rings. The zero-order valence-corrected chi connectivity index (χ0v) is 18.0. The fraction of sp³-hybridized carbons (Fsp3) is 0.565. The van der Waals surface area contributed by atoms with Crippen molar-refractivity contribution in [1.82, 2.24) is 9.80 Å². The van der Waals surface area contributed by atoms with E-state index in [1.807, 2.05) is 31.2 Å². The van der Waals surface area contributed by atoms with Crippen LogP contribution in [-0.4, -0.2) is 59.2 Å². The third-order valence-corrected chi connectivity index (χ3v) is 6.66. The summed E-state index contributed by atoms with van der Waals surface area (Å²) in [5, 5.41) is 2.72. The van der Waals surface area contributed by atoms with Crippen LogP contribution in [-0.2, 0) is 14.4 Å². The number of benzene rings is 1. The molecule has 1 saturated carbocycles. The van der Waals surface area contributed by atoms with Gasteiger partial charge in [0.25, 0.3) is 0 Å². The maximum Gasteiger partial charge on any atom is 0.334 e. The molecule has 31 heavy (non-hydrogen) atoms. The summed E-state index contributed by atoms with van der Waals surface area (Å²) in [5.74, 6) is -2.08. The minimum Gasteiger partial charge on any atom is -0.372 e. The summed E-state index contributed by atoms with van der Waals surface area (Å²) in [6.45, 7) is 3.61. The number of hydrogen-bond donors (Lipinski definition) is 1. The molecule has 1 aromatic carbocycles. The number of amides is 5. The molecular formula is C23H30N4O4. The van der Waals surface area contributed by atoms with Crippen LogP contribution in [0.25, 0.3) is 0 Å². The maximum atomic E-state index is 12.8. The second-order valence-corrected chi connectivity index (χ2v) is 8.82. The highest BCUT2D eigenvalue weighted by Gasteiger charge is 2.49. The van der Waals surface area contributed by atoms with Crippen molar-refractivity contribution in [3.63, 3.8) is 0 Å². The Hall–Kier alpha value is -2.90. The highest BCUT2D eigenvalue weighted by atomic mass is 16.2. The third kappa shape index (κ3) is 4.43. The molecule has 2 heterocycles. The van der Waals surface area contributed by atoms with Crippen molar-refractivity contribution in [2.75, 3.05) is 29.9 Å². The molecule has 0 aromatic heterocycles. The van der Waals surface area contributed by atoms with Crippen molar-refractivity contribution in [3.8, 4) is 0 Å². The van der Waals surface area contributed by atoms with E-state index in [1.165, 1.54) is 19.3 Å². The van der Waals surface area contributed by atoms with Gasteiger partial charge >= 0.3 is 17.8 Å². The van der Waals surface area contributed by atoms with Crippen LogP contribution < -0.4 is 10.2 Å². The van der Waals surface area contributed by atoms with E-state index in [9.17, 15) is 19.2 Å². The topological polar surface area (TPSA) is 90.0 Å². The van der Waals surface area contributed by atoms with Crippen LogP contribution >= 0.6 is 0 Å². The van der Waals surface area contributed by atoms with E-state index < -0.39 is 30.3 Å². The van der Waals surface area contributed by atoms with Crippen molar-refractivity contribution in [3.05, 3.63) is 24.3 Å². The van der Waals surface area contributed by atoms with E-state index >= 15 is 0 Å². The summed E-state index contributed by atoms with van der Waals surface area (Å²) >= 11 is 0. The average molecular weight is 427 g/mol. The van der Waals surface area contributed by atoms with Gasteiger partial charge in [0.2, 0.25) is 5.91 Å². The SMILES string of the molecule is C[C@@H]1CCCC[C@H]1N1C(=O)C(=O)N(CC(=O)Nc2ccc(N3CCCCC3)cc2)C1=O. The van der Waals surface area contributed by atoms with E-state index in [4.69, 9.17) is 0 Å². The van der Waals surface area contributed by atoms with Crippen molar-refractivity contribution < 1.29 is 19.2 Å². The first kappa shape index (κ1) is 21.3. The van der Waals surface area contributed by atoms with Gasteiger partial charge in [-0.15, -0.1) is 0 Å². The number of piperidine rings is 1. The zero-order valence-electron chi connectivity index (χ0n) is 18.0. The van der Waals surface area contributed by atoms with Crippen LogP contribution in [0.2, 0.25) is 0 Å². The van der Waals surface area contributed by atoms with Gasteiger partial charge in [-0.1, -0.05) is 19.8 Å². The Labute approximate surface area is 182 Å². The number of rotatable bonds is 5. The van der Waals surface area contributed by atoms with Crippen molar-refractivity contribution in [2.24, 2.45) is 5.92 Å². The molecule has 8 heteroatoms. The quantitative estimate of drug-likeness (QED) is 0.577. The van der Waals surface area contributed by atoms with Gasteiger partial charge in [-0.05, 0) is 62.3 Å². The average Bonchev–Trinajstić information content (AvgIpc) is 2.98. The number of imide groups is 2. The fourth-order valence-electron chi connectivity index (χ4n) is 4.89. The Bertz CT molecular complexity index is 863. The Kier molecular flexibility index (Phi) is 6.25. The minimum atomic E-state index is -0.918. The predicted octanol–water partition coefficient (Wildman–Crippen LogP) is 2.98. The van der Waals surface area contributed by atoms with E-state index in [2.05, 4.69) is 10.2 Å². The Morgan fingerprint density at radius 2 is 1.61 bits per heavy atom. The van der Waals surface area contributed by atoms with Crippen LogP contribution in [0.4, 0.5) is 16.2 Å². The van der Waals surface area contributed by atoms with Crippen molar-refractivity contribution in [1.29, 1.82) is 0 Å². The first-order chi connectivity index (χ1) is 15.0. The molecular weight excluding hydrogens is 396 g/mol. The van der Waals surface area contributed by atoms with E-state index in [0.717, 1.165) is 47.8 Å². The summed E-state index contributed by atoms with van der Waals surface area (Å²) in [4.78, 5) is 54.4. The Morgan fingerprint density at radius 3 is 2.29 bits per heavy atom. The monoisotopic (exact) mass is 426 g/mol. The van der Waals surface area contributed by atoms with Gasteiger partial charge in [-0.2, -0.15) is 0 Å². The van der Waals surface area contributed by atoms with Crippen LogP contribution in [0.15, 0.2) is 24.3 Å². The number of anilines is 2. The number of carbonyl (C=O) groups excluding carboxylic acids is 4. The maximum absolute atomic E-state index is 12.8. The summed E-state index contributed by atoms with van der Waals surface area (Å²) < 4.78 is 0. The van der Waals surface area contributed by atoms with Crippen LogP contribution in [0.1, 0.15) is 51.9 Å².